The van der Waals surface area contributed by atoms with Gasteiger partial charge in [0.2, 0.25) is 0 Å². The summed E-state index contributed by atoms with van der Waals surface area (Å²) in [5.74, 6) is -4.23. The lowest BCUT2D eigenvalue weighted by Crippen LogP contribution is -2.56. The van der Waals surface area contributed by atoms with Gasteiger partial charge in [-0.2, -0.15) is 26.3 Å². The third kappa shape index (κ3) is 3.14. The molecule has 0 N–H and O–H groups in total. The fraction of sp³-hybridized carbons (Fsp3) is 0.556. The van der Waals surface area contributed by atoms with Gasteiger partial charge in [-0.3, -0.25) is 9.59 Å². The zero-order valence-corrected chi connectivity index (χ0v) is 14.2. The molecule has 0 aliphatic heterocycles. The van der Waals surface area contributed by atoms with Crippen molar-refractivity contribution >= 4 is 11.6 Å². The van der Waals surface area contributed by atoms with E-state index < -0.39 is 48.1 Å². The summed E-state index contributed by atoms with van der Waals surface area (Å²) in [6.07, 6.45) is -14.2. The first-order valence-corrected chi connectivity index (χ1v) is 8.19. The van der Waals surface area contributed by atoms with Crippen molar-refractivity contribution in [2.24, 2.45) is 5.41 Å². The van der Waals surface area contributed by atoms with Crippen LogP contribution >= 0.6 is 0 Å². The van der Waals surface area contributed by atoms with Crippen molar-refractivity contribution in [3.63, 3.8) is 0 Å². The Morgan fingerprint density at radius 1 is 0.885 bits per heavy atom. The van der Waals surface area contributed by atoms with Gasteiger partial charge >= 0.3 is 12.4 Å². The lowest BCUT2D eigenvalue weighted by atomic mass is 9.65. The minimum Gasteiger partial charge on any atom is -0.298 e. The van der Waals surface area contributed by atoms with Crippen molar-refractivity contribution < 1.29 is 35.9 Å². The fourth-order valence-electron chi connectivity index (χ4n) is 3.58. The van der Waals surface area contributed by atoms with Crippen LogP contribution in [0.15, 0.2) is 18.2 Å². The van der Waals surface area contributed by atoms with Crippen LogP contribution in [-0.4, -0.2) is 23.9 Å². The normalized spacial score (nSPS) is 19.1. The van der Waals surface area contributed by atoms with Crippen LogP contribution in [-0.2, 0) is 22.4 Å². The smallest absolute Gasteiger partial charge is 0.298 e. The maximum absolute atomic E-state index is 13.2. The van der Waals surface area contributed by atoms with Crippen molar-refractivity contribution in [1.82, 2.24) is 0 Å². The third-order valence-corrected chi connectivity index (χ3v) is 5.02. The Hall–Kier alpha value is -1.86. The number of hydrogen-bond donors (Lipinski definition) is 0. The Balaban J connectivity index is 2.58. The van der Waals surface area contributed by atoms with Crippen LogP contribution in [0, 0.1) is 5.41 Å². The number of aryl methyl sites for hydroxylation is 2. The summed E-state index contributed by atoms with van der Waals surface area (Å²) in [6.45, 7) is 3.48. The van der Waals surface area contributed by atoms with Gasteiger partial charge in [-0.05, 0) is 29.5 Å². The molecule has 1 fully saturated rings. The monoisotopic (exact) mass is 380 g/mol. The van der Waals surface area contributed by atoms with Crippen molar-refractivity contribution in [1.29, 1.82) is 0 Å². The number of rotatable bonds is 3. The van der Waals surface area contributed by atoms with Gasteiger partial charge in [0.1, 0.15) is 17.5 Å². The quantitative estimate of drug-likeness (QED) is 0.550. The van der Waals surface area contributed by atoms with Crippen LogP contribution < -0.4 is 0 Å². The fourth-order valence-corrected chi connectivity index (χ4v) is 3.58. The highest BCUT2D eigenvalue weighted by atomic mass is 19.4. The molecule has 0 saturated heterocycles. The van der Waals surface area contributed by atoms with Crippen molar-refractivity contribution in [2.45, 2.75) is 57.8 Å². The van der Waals surface area contributed by atoms with Gasteiger partial charge in [0.05, 0.1) is 0 Å². The third-order valence-electron chi connectivity index (χ3n) is 5.02. The molecule has 1 aliphatic rings. The van der Waals surface area contributed by atoms with Gasteiger partial charge in [-0.25, -0.2) is 0 Å². The summed E-state index contributed by atoms with van der Waals surface area (Å²) in [4.78, 5) is 24.9. The molecule has 0 unspecified atom stereocenters. The van der Waals surface area contributed by atoms with Crippen LogP contribution in [0.3, 0.4) is 0 Å². The summed E-state index contributed by atoms with van der Waals surface area (Å²) in [5.41, 5.74) is -2.87. The summed E-state index contributed by atoms with van der Waals surface area (Å²) in [6, 6.07) is 4.95. The molecule has 26 heavy (non-hydrogen) atoms. The molecular weight excluding hydrogens is 362 g/mol. The Kier molecular flexibility index (Phi) is 5.27. The second-order valence-electron chi connectivity index (χ2n) is 6.49. The van der Waals surface area contributed by atoms with Gasteiger partial charge in [0.15, 0.2) is 5.41 Å². The molecule has 1 aromatic rings. The molecule has 0 radical (unpaired) electrons. The maximum Gasteiger partial charge on any atom is 0.404 e. The molecule has 0 heterocycles. The van der Waals surface area contributed by atoms with Gasteiger partial charge in [-0.1, -0.05) is 32.0 Å². The lowest BCUT2D eigenvalue weighted by molar-refractivity contribution is -0.342. The predicted molar refractivity (Wildman–Crippen MR) is 81.7 cm³/mol. The largest absolute Gasteiger partial charge is 0.404 e. The minimum atomic E-state index is -5.74. The van der Waals surface area contributed by atoms with Crippen LogP contribution in [0.5, 0.6) is 0 Å². The molecule has 0 atom stereocenters. The molecule has 0 amide bonds. The molecule has 144 valence electrons. The summed E-state index contributed by atoms with van der Waals surface area (Å²) in [5, 5.41) is 0. The molecule has 1 aromatic carbocycles. The van der Waals surface area contributed by atoms with Gasteiger partial charge in [0, 0.05) is 12.8 Å². The van der Waals surface area contributed by atoms with E-state index >= 15 is 0 Å². The van der Waals surface area contributed by atoms with E-state index in [2.05, 4.69) is 0 Å². The number of benzene rings is 1. The van der Waals surface area contributed by atoms with E-state index in [0.29, 0.717) is 24.0 Å². The molecule has 0 spiro atoms. The van der Waals surface area contributed by atoms with Gasteiger partial charge in [-0.15, -0.1) is 0 Å². The Morgan fingerprint density at radius 3 is 1.58 bits per heavy atom. The number of Topliss-reactive ketones (excluding diaryl/α,β-unsaturated/α-hetero) is 2. The number of alkyl halides is 6. The molecule has 0 bridgehead atoms. The maximum atomic E-state index is 13.2. The summed E-state index contributed by atoms with van der Waals surface area (Å²) >= 11 is 0. The van der Waals surface area contributed by atoms with Crippen LogP contribution in [0.2, 0.25) is 0 Å². The van der Waals surface area contributed by atoms with E-state index in [4.69, 9.17) is 0 Å². The highest BCUT2D eigenvalue weighted by Crippen LogP contribution is 2.58. The second kappa shape index (κ2) is 6.70. The van der Waals surface area contributed by atoms with Crippen LogP contribution in [0.25, 0.3) is 0 Å². The molecule has 2 nitrogen and oxygen atoms in total. The van der Waals surface area contributed by atoms with Gasteiger partial charge in [0.25, 0.3) is 0 Å². The SMILES string of the molecule is CCc1cccc(CC)c1C1C(=O)CC(C(F)(F)F)(C(F)(F)F)CC1=O. The van der Waals surface area contributed by atoms with E-state index in [9.17, 15) is 35.9 Å². The number of carbonyl (C=O) groups is 2. The first kappa shape index (κ1) is 20.5. The molecule has 1 saturated carbocycles. The molecule has 2 rings (SSSR count). The van der Waals surface area contributed by atoms with Gasteiger partial charge < -0.3 is 0 Å². The first-order chi connectivity index (χ1) is 11.9. The van der Waals surface area contributed by atoms with E-state index in [1.807, 2.05) is 0 Å². The average molecular weight is 380 g/mol. The number of ketones is 2. The van der Waals surface area contributed by atoms with Crippen LogP contribution in [0.4, 0.5) is 26.3 Å². The molecule has 0 aromatic heterocycles. The Morgan fingerprint density at radius 2 is 1.27 bits per heavy atom. The number of carbonyl (C=O) groups excluding carboxylic acids is 2. The van der Waals surface area contributed by atoms with E-state index in [1.165, 1.54) is 0 Å². The van der Waals surface area contributed by atoms with Crippen molar-refractivity contribution in [2.75, 3.05) is 0 Å². The molecule has 8 heteroatoms. The Labute approximate surface area is 146 Å². The topological polar surface area (TPSA) is 34.1 Å². The summed E-state index contributed by atoms with van der Waals surface area (Å²) in [7, 11) is 0. The average Bonchev–Trinajstić information content (AvgIpc) is 2.51. The van der Waals surface area contributed by atoms with E-state index in [1.54, 1.807) is 32.0 Å². The zero-order valence-electron chi connectivity index (χ0n) is 14.2. The zero-order chi connectivity index (χ0) is 19.9. The summed E-state index contributed by atoms with van der Waals surface area (Å²) < 4.78 is 79.4. The van der Waals surface area contributed by atoms with E-state index in [0.717, 1.165) is 0 Å². The standard InChI is InChI=1S/C18H18F6O2/c1-3-10-6-5-7-11(4-2)14(10)15-12(25)8-16(9-13(15)26,17(19,20)21)18(22,23)24/h5-7,15H,3-4,8-9H2,1-2H3. The number of halogens is 6. The second-order valence-corrected chi connectivity index (χ2v) is 6.49. The van der Waals surface area contributed by atoms with Crippen molar-refractivity contribution in [3.8, 4) is 0 Å². The Bertz CT molecular complexity index is 661. The van der Waals surface area contributed by atoms with Crippen molar-refractivity contribution in [3.05, 3.63) is 34.9 Å². The molecule has 1 aliphatic carbocycles. The predicted octanol–water partition coefficient (Wildman–Crippen LogP) is 4.94. The highest BCUT2D eigenvalue weighted by molar-refractivity contribution is 6.10. The van der Waals surface area contributed by atoms with E-state index in [-0.39, 0.29) is 5.56 Å². The van der Waals surface area contributed by atoms with Crippen LogP contribution in [0.1, 0.15) is 49.3 Å². The number of hydrogen-bond acceptors (Lipinski definition) is 2. The highest BCUT2D eigenvalue weighted by Gasteiger charge is 2.73. The lowest BCUT2D eigenvalue weighted by Gasteiger charge is -2.41. The minimum absolute atomic E-state index is 0.269. The molecular formula is C18H18F6O2. The first-order valence-electron chi connectivity index (χ1n) is 8.19.